The number of oxazole rings is 1. The summed E-state index contributed by atoms with van der Waals surface area (Å²) in [4.78, 5) is 47.2. The number of aromatic nitrogens is 2. The van der Waals surface area contributed by atoms with Gasteiger partial charge in [-0.25, -0.2) is 4.98 Å². The topological polar surface area (TPSA) is 115 Å². The van der Waals surface area contributed by atoms with Gasteiger partial charge < -0.3 is 19.4 Å². The van der Waals surface area contributed by atoms with Crippen molar-refractivity contribution >= 4 is 23.5 Å². The third kappa shape index (κ3) is 5.43. The first kappa shape index (κ1) is 22.2. The van der Waals surface area contributed by atoms with E-state index in [1.54, 1.807) is 55.6 Å². The Morgan fingerprint density at radius 2 is 2.00 bits per heavy atom. The van der Waals surface area contributed by atoms with Gasteiger partial charge in [-0.05, 0) is 50.1 Å². The molecule has 0 radical (unpaired) electrons. The summed E-state index contributed by atoms with van der Waals surface area (Å²) in [7, 11) is 1.26. The van der Waals surface area contributed by atoms with Gasteiger partial charge >= 0.3 is 5.97 Å². The Morgan fingerprint density at radius 3 is 2.70 bits per heavy atom. The summed E-state index contributed by atoms with van der Waals surface area (Å²) in [6.07, 6.45) is 3.44. The molecule has 33 heavy (non-hydrogen) atoms. The Labute approximate surface area is 190 Å². The van der Waals surface area contributed by atoms with E-state index in [-0.39, 0.29) is 36.5 Å². The minimum Gasteiger partial charge on any atom is -0.468 e. The first-order valence-corrected chi connectivity index (χ1v) is 10.6. The fourth-order valence-corrected chi connectivity index (χ4v) is 3.30. The van der Waals surface area contributed by atoms with Crippen molar-refractivity contribution in [2.75, 3.05) is 19.0 Å². The van der Waals surface area contributed by atoms with Crippen molar-refractivity contribution in [2.45, 2.75) is 26.3 Å². The van der Waals surface area contributed by atoms with Crippen LogP contribution >= 0.6 is 0 Å². The zero-order valence-electron chi connectivity index (χ0n) is 18.4. The largest absolute Gasteiger partial charge is 0.468 e. The summed E-state index contributed by atoms with van der Waals surface area (Å²) in [5.41, 5.74) is 1.97. The van der Waals surface area contributed by atoms with Gasteiger partial charge in [-0.15, -0.1) is 0 Å². The predicted octanol–water partition coefficient (Wildman–Crippen LogP) is 3.21. The molecule has 0 aliphatic heterocycles. The fourth-order valence-electron chi connectivity index (χ4n) is 3.30. The molecule has 4 rings (SSSR count). The van der Waals surface area contributed by atoms with Gasteiger partial charge in [0, 0.05) is 23.4 Å². The van der Waals surface area contributed by atoms with Crippen molar-refractivity contribution in [3.63, 3.8) is 0 Å². The van der Waals surface area contributed by atoms with Crippen LogP contribution in [0.3, 0.4) is 0 Å². The molecule has 1 aromatic carbocycles. The first-order chi connectivity index (χ1) is 15.9. The molecule has 1 fully saturated rings. The molecule has 9 nitrogen and oxygen atoms in total. The number of rotatable bonds is 8. The van der Waals surface area contributed by atoms with Crippen molar-refractivity contribution in [1.29, 1.82) is 0 Å². The molecular formula is C24H24N4O5. The second-order valence-corrected chi connectivity index (χ2v) is 7.83. The van der Waals surface area contributed by atoms with Gasteiger partial charge in [-0.2, -0.15) is 0 Å². The van der Waals surface area contributed by atoms with Crippen LogP contribution in [-0.2, 0) is 20.9 Å². The molecule has 3 aromatic rings. The number of methoxy groups -OCH3 is 1. The van der Waals surface area contributed by atoms with Gasteiger partial charge in [0.25, 0.3) is 5.91 Å². The van der Waals surface area contributed by atoms with Crippen molar-refractivity contribution in [3.05, 3.63) is 65.8 Å². The molecule has 2 amide bonds. The summed E-state index contributed by atoms with van der Waals surface area (Å²) in [6.45, 7) is 1.49. The lowest BCUT2D eigenvalue weighted by atomic mass is 10.2. The number of esters is 1. The van der Waals surface area contributed by atoms with Gasteiger partial charge in [0.1, 0.15) is 12.3 Å². The molecule has 2 aromatic heterocycles. The maximum atomic E-state index is 13.3. The van der Waals surface area contributed by atoms with Crippen LogP contribution in [0.25, 0.3) is 11.5 Å². The lowest BCUT2D eigenvalue weighted by Crippen LogP contribution is -2.36. The first-order valence-electron chi connectivity index (χ1n) is 10.6. The van der Waals surface area contributed by atoms with E-state index in [9.17, 15) is 14.4 Å². The van der Waals surface area contributed by atoms with Crippen LogP contribution < -0.4 is 5.32 Å². The second-order valence-electron chi connectivity index (χ2n) is 7.83. The summed E-state index contributed by atoms with van der Waals surface area (Å²) >= 11 is 0. The van der Waals surface area contributed by atoms with Crippen LogP contribution in [-0.4, -0.2) is 46.3 Å². The quantitative estimate of drug-likeness (QED) is 0.526. The summed E-state index contributed by atoms with van der Waals surface area (Å²) in [5.74, 6) is -0.384. The van der Waals surface area contributed by atoms with Crippen LogP contribution in [0.4, 0.5) is 5.69 Å². The number of aryl methyl sites for hydroxylation is 1. The minimum absolute atomic E-state index is 0.000394. The molecule has 0 unspecified atom stereocenters. The normalized spacial score (nSPS) is 12.8. The average molecular weight is 448 g/mol. The summed E-state index contributed by atoms with van der Waals surface area (Å²) in [6, 6.07) is 12.4. The van der Waals surface area contributed by atoms with E-state index in [2.05, 4.69) is 15.3 Å². The molecule has 170 valence electrons. The third-order valence-corrected chi connectivity index (χ3v) is 5.24. The van der Waals surface area contributed by atoms with Crippen molar-refractivity contribution in [2.24, 2.45) is 5.92 Å². The smallest absolute Gasteiger partial charge is 0.325 e. The highest BCUT2D eigenvalue weighted by molar-refractivity contribution is 5.96. The van der Waals surface area contributed by atoms with Gasteiger partial charge in [0.2, 0.25) is 11.8 Å². The molecule has 0 bridgehead atoms. The van der Waals surface area contributed by atoms with Crippen LogP contribution in [0.15, 0.2) is 53.1 Å². The zero-order valence-corrected chi connectivity index (χ0v) is 18.4. The van der Waals surface area contributed by atoms with Crippen molar-refractivity contribution < 1.29 is 23.5 Å². The van der Waals surface area contributed by atoms with Gasteiger partial charge in [0.15, 0.2) is 5.69 Å². The number of amides is 2. The molecule has 1 aliphatic carbocycles. The van der Waals surface area contributed by atoms with E-state index in [0.29, 0.717) is 22.7 Å². The SMILES string of the molecule is COC(=O)CN(Cc1ccccn1)C(=O)c1nc(-c2cccc(NC(=O)C3CC3)c2)oc1C. The molecule has 1 aliphatic rings. The molecule has 0 spiro atoms. The van der Waals surface area contributed by atoms with E-state index >= 15 is 0 Å². The fraction of sp³-hybridized carbons (Fsp3) is 0.292. The number of hydrogen-bond acceptors (Lipinski definition) is 7. The number of nitrogens with zero attached hydrogens (tertiary/aromatic N) is 3. The molecule has 0 saturated heterocycles. The zero-order chi connectivity index (χ0) is 23.4. The second kappa shape index (κ2) is 9.64. The van der Waals surface area contributed by atoms with E-state index in [0.717, 1.165) is 12.8 Å². The Kier molecular flexibility index (Phi) is 6.48. The molecule has 2 heterocycles. The number of hydrogen-bond donors (Lipinski definition) is 1. The highest BCUT2D eigenvalue weighted by Gasteiger charge is 2.30. The number of anilines is 1. The highest BCUT2D eigenvalue weighted by atomic mass is 16.5. The van der Waals surface area contributed by atoms with E-state index in [1.165, 1.54) is 12.0 Å². The predicted molar refractivity (Wildman–Crippen MR) is 119 cm³/mol. The molecule has 1 saturated carbocycles. The van der Waals surface area contributed by atoms with E-state index in [1.807, 2.05) is 0 Å². The number of carbonyl (C=O) groups is 3. The van der Waals surface area contributed by atoms with Crippen molar-refractivity contribution in [1.82, 2.24) is 14.9 Å². The average Bonchev–Trinajstić information content (AvgIpc) is 3.61. The highest BCUT2D eigenvalue weighted by Crippen LogP contribution is 2.31. The Balaban J connectivity index is 1.57. The Morgan fingerprint density at radius 1 is 1.18 bits per heavy atom. The van der Waals surface area contributed by atoms with Crippen LogP contribution in [0.5, 0.6) is 0 Å². The number of pyridine rings is 1. The van der Waals surface area contributed by atoms with Crippen molar-refractivity contribution in [3.8, 4) is 11.5 Å². The van der Waals surface area contributed by atoms with E-state index < -0.39 is 11.9 Å². The standard InChI is InChI=1S/C24H24N4O5/c1-15-21(24(31)28(14-20(29)32-2)13-19-7-3-4-11-25-19)27-23(33-15)17-6-5-8-18(12-17)26-22(30)16-9-10-16/h3-8,11-12,16H,9-10,13-14H2,1-2H3,(H,26,30). The van der Waals surface area contributed by atoms with Crippen LogP contribution in [0.2, 0.25) is 0 Å². The maximum Gasteiger partial charge on any atom is 0.325 e. The van der Waals surface area contributed by atoms with Crippen LogP contribution in [0.1, 0.15) is 34.8 Å². The van der Waals surface area contributed by atoms with Gasteiger partial charge in [-0.3, -0.25) is 19.4 Å². The Bertz CT molecular complexity index is 1170. The molecule has 9 heteroatoms. The van der Waals surface area contributed by atoms with Gasteiger partial charge in [-0.1, -0.05) is 12.1 Å². The molecular weight excluding hydrogens is 424 g/mol. The number of carbonyl (C=O) groups excluding carboxylic acids is 3. The monoisotopic (exact) mass is 448 g/mol. The van der Waals surface area contributed by atoms with Crippen LogP contribution in [0, 0.1) is 12.8 Å². The maximum absolute atomic E-state index is 13.3. The van der Waals surface area contributed by atoms with Gasteiger partial charge in [0.05, 0.1) is 19.3 Å². The molecule has 1 N–H and O–H groups in total. The lowest BCUT2D eigenvalue weighted by Gasteiger charge is -2.20. The lowest BCUT2D eigenvalue weighted by molar-refractivity contribution is -0.141. The third-order valence-electron chi connectivity index (χ3n) is 5.24. The number of ether oxygens (including phenoxy) is 1. The number of nitrogens with one attached hydrogen (secondary N) is 1. The molecule has 0 atom stereocenters. The summed E-state index contributed by atoms with van der Waals surface area (Å²) in [5, 5.41) is 2.89. The number of benzene rings is 1. The summed E-state index contributed by atoms with van der Waals surface area (Å²) < 4.78 is 10.5. The van der Waals surface area contributed by atoms with E-state index in [4.69, 9.17) is 9.15 Å². The Hall–Kier alpha value is -4.01. The minimum atomic E-state index is -0.556.